The highest BCUT2D eigenvalue weighted by atomic mass is 32.2. The van der Waals surface area contributed by atoms with Crippen molar-refractivity contribution >= 4 is 23.5 Å². The molecule has 1 heterocycles. The minimum Gasteiger partial charge on any atom is -0.388 e. The molecule has 2 N–H and O–H groups in total. The Hall–Kier alpha value is -0.160. The first-order valence-corrected chi connectivity index (χ1v) is 9.44. The summed E-state index contributed by atoms with van der Waals surface area (Å²) in [5.74, 6) is 3.58. The number of aliphatic hydroxyl groups is 1. The highest BCUT2D eigenvalue weighted by Crippen LogP contribution is 2.27. The fraction of sp³-hybridized carbons (Fsp3) is 0.625. The molecule has 2 atom stereocenters. The van der Waals surface area contributed by atoms with Gasteiger partial charge >= 0.3 is 0 Å². The van der Waals surface area contributed by atoms with Crippen LogP contribution in [-0.4, -0.2) is 40.6 Å². The van der Waals surface area contributed by atoms with Gasteiger partial charge in [-0.05, 0) is 30.2 Å². The van der Waals surface area contributed by atoms with Crippen molar-refractivity contribution in [2.75, 3.05) is 23.8 Å². The summed E-state index contributed by atoms with van der Waals surface area (Å²) in [6.45, 7) is 5.21. The summed E-state index contributed by atoms with van der Waals surface area (Å²) in [6.07, 6.45) is 0.918. The van der Waals surface area contributed by atoms with E-state index >= 15 is 0 Å². The van der Waals surface area contributed by atoms with Gasteiger partial charge in [-0.2, -0.15) is 11.8 Å². The average Bonchev–Trinajstić information content (AvgIpc) is 2.86. The first-order chi connectivity index (χ1) is 9.59. The SMILES string of the molecule is CC(C)C(CSc1ccccc1)NCC1(O)CCSC1. The summed E-state index contributed by atoms with van der Waals surface area (Å²) < 4.78 is 0. The lowest BCUT2D eigenvalue weighted by molar-refractivity contribution is 0.0637. The number of thioether (sulfide) groups is 2. The number of benzene rings is 1. The van der Waals surface area contributed by atoms with Crippen LogP contribution in [0.1, 0.15) is 20.3 Å². The lowest BCUT2D eigenvalue weighted by atomic mass is 10.0. The predicted octanol–water partition coefficient (Wildman–Crippen LogP) is 3.26. The second-order valence-corrected chi connectivity index (χ2v) is 8.08. The molecule has 0 amide bonds. The van der Waals surface area contributed by atoms with Gasteiger partial charge in [0.05, 0.1) is 5.60 Å². The van der Waals surface area contributed by atoms with E-state index < -0.39 is 5.60 Å². The minimum absolute atomic E-state index is 0.440. The number of nitrogens with one attached hydrogen (secondary N) is 1. The molecule has 112 valence electrons. The Bertz CT molecular complexity index is 391. The van der Waals surface area contributed by atoms with Gasteiger partial charge in [0.25, 0.3) is 0 Å². The van der Waals surface area contributed by atoms with Crippen LogP contribution in [0.25, 0.3) is 0 Å². The Morgan fingerprint density at radius 1 is 1.35 bits per heavy atom. The van der Waals surface area contributed by atoms with Gasteiger partial charge < -0.3 is 10.4 Å². The topological polar surface area (TPSA) is 32.3 Å². The second-order valence-electron chi connectivity index (χ2n) is 5.88. The molecule has 0 saturated carbocycles. The Morgan fingerprint density at radius 2 is 2.10 bits per heavy atom. The van der Waals surface area contributed by atoms with Crippen LogP contribution in [0, 0.1) is 5.92 Å². The summed E-state index contributed by atoms with van der Waals surface area (Å²) in [5.41, 5.74) is -0.491. The van der Waals surface area contributed by atoms with Crippen LogP contribution in [0.2, 0.25) is 0 Å². The molecule has 2 rings (SSSR count). The molecule has 1 aliphatic heterocycles. The molecule has 1 fully saturated rings. The molecule has 0 aromatic heterocycles. The van der Waals surface area contributed by atoms with E-state index in [9.17, 15) is 5.11 Å². The molecule has 0 aliphatic carbocycles. The fourth-order valence-electron chi connectivity index (χ4n) is 2.25. The minimum atomic E-state index is -0.491. The fourth-order valence-corrected chi connectivity index (χ4v) is 4.77. The van der Waals surface area contributed by atoms with Crippen LogP contribution >= 0.6 is 23.5 Å². The molecule has 0 bridgehead atoms. The van der Waals surface area contributed by atoms with Gasteiger partial charge in [0.15, 0.2) is 0 Å². The molecular formula is C16H25NOS2. The third-order valence-corrected chi connectivity index (χ3v) is 6.12. The van der Waals surface area contributed by atoms with Crippen LogP contribution in [0.4, 0.5) is 0 Å². The molecule has 2 unspecified atom stereocenters. The van der Waals surface area contributed by atoms with Crippen LogP contribution in [-0.2, 0) is 0 Å². The van der Waals surface area contributed by atoms with E-state index in [-0.39, 0.29) is 0 Å². The summed E-state index contributed by atoms with van der Waals surface area (Å²) in [6, 6.07) is 11.0. The van der Waals surface area contributed by atoms with Crippen molar-refractivity contribution in [2.24, 2.45) is 5.92 Å². The molecule has 4 heteroatoms. The van der Waals surface area contributed by atoms with Crippen molar-refractivity contribution in [3.05, 3.63) is 30.3 Å². The van der Waals surface area contributed by atoms with Crippen molar-refractivity contribution < 1.29 is 5.11 Å². The zero-order valence-electron chi connectivity index (χ0n) is 12.3. The maximum Gasteiger partial charge on any atom is 0.0869 e. The third kappa shape index (κ3) is 4.99. The van der Waals surface area contributed by atoms with Gasteiger partial charge in [0.2, 0.25) is 0 Å². The summed E-state index contributed by atoms with van der Waals surface area (Å²) in [5, 5.41) is 14.0. The van der Waals surface area contributed by atoms with Crippen molar-refractivity contribution in [3.8, 4) is 0 Å². The quantitative estimate of drug-likeness (QED) is 0.757. The number of hydrogen-bond donors (Lipinski definition) is 2. The van der Waals surface area contributed by atoms with Gasteiger partial charge in [-0.15, -0.1) is 11.8 Å². The van der Waals surface area contributed by atoms with E-state index in [1.165, 1.54) is 4.90 Å². The zero-order valence-corrected chi connectivity index (χ0v) is 14.0. The lowest BCUT2D eigenvalue weighted by Crippen LogP contribution is -2.47. The molecule has 0 spiro atoms. The number of hydrogen-bond acceptors (Lipinski definition) is 4. The molecule has 0 radical (unpaired) electrons. The zero-order chi connectivity index (χ0) is 14.4. The molecule has 1 saturated heterocycles. The Balaban J connectivity index is 1.81. The van der Waals surface area contributed by atoms with Gasteiger partial charge in [0, 0.05) is 29.0 Å². The largest absolute Gasteiger partial charge is 0.388 e. The van der Waals surface area contributed by atoms with Gasteiger partial charge in [-0.1, -0.05) is 32.0 Å². The van der Waals surface area contributed by atoms with E-state index in [0.29, 0.717) is 12.0 Å². The predicted molar refractivity (Wildman–Crippen MR) is 90.7 cm³/mol. The molecular weight excluding hydrogens is 286 g/mol. The van der Waals surface area contributed by atoms with E-state index in [2.05, 4.69) is 49.5 Å². The molecule has 1 aromatic carbocycles. The Labute approximate surface area is 131 Å². The Morgan fingerprint density at radius 3 is 2.70 bits per heavy atom. The third-order valence-electron chi connectivity index (χ3n) is 3.75. The molecule has 1 aliphatic rings. The van der Waals surface area contributed by atoms with Crippen molar-refractivity contribution in [1.29, 1.82) is 0 Å². The summed E-state index contributed by atoms with van der Waals surface area (Å²) in [4.78, 5) is 1.31. The Kier molecular flexibility index (Phi) is 6.27. The van der Waals surface area contributed by atoms with Crippen molar-refractivity contribution in [2.45, 2.75) is 36.8 Å². The standard InChI is InChI=1S/C16H25NOS2/c1-13(2)15(10-20-14-6-4-3-5-7-14)17-11-16(18)8-9-19-12-16/h3-7,13,15,17-18H,8-12H2,1-2H3. The average molecular weight is 312 g/mol. The van der Waals surface area contributed by atoms with Crippen molar-refractivity contribution in [3.63, 3.8) is 0 Å². The molecule has 20 heavy (non-hydrogen) atoms. The first-order valence-electron chi connectivity index (χ1n) is 7.30. The van der Waals surface area contributed by atoms with Crippen LogP contribution < -0.4 is 5.32 Å². The normalized spacial score (nSPS) is 24.2. The number of rotatable bonds is 7. The van der Waals surface area contributed by atoms with Crippen LogP contribution in [0.5, 0.6) is 0 Å². The molecule has 1 aromatic rings. The van der Waals surface area contributed by atoms with Gasteiger partial charge in [-0.3, -0.25) is 0 Å². The van der Waals surface area contributed by atoms with E-state index in [1.807, 2.05) is 23.5 Å². The summed E-state index contributed by atoms with van der Waals surface area (Å²) >= 11 is 3.75. The second kappa shape index (κ2) is 7.74. The van der Waals surface area contributed by atoms with E-state index in [4.69, 9.17) is 0 Å². The van der Waals surface area contributed by atoms with Gasteiger partial charge in [0.1, 0.15) is 0 Å². The smallest absolute Gasteiger partial charge is 0.0869 e. The highest BCUT2D eigenvalue weighted by molar-refractivity contribution is 7.99. The van der Waals surface area contributed by atoms with Crippen LogP contribution in [0.3, 0.4) is 0 Å². The maximum atomic E-state index is 10.4. The summed E-state index contributed by atoms with van der Waals surface area (Å²) in [7, 11) is 0. The van der Waals surface area contributed by atoms with Gasteiger partial charge in [-0.25, -0.2) is 0 Å². The highest BCUT2D eigenvalue weighted by Gasteiger charge is 2.32. The van der Waals surface area contributed by atoms with Crippen LogP contribution in [0.15, 0.2) is 35.2 Å². The maximum absolute atomic E-state index is 10.4. The monoisotopic (exact) mass is 311 g/mol. The van der Waals surface area contributed by atoms with E-state index in [0.717, 1.165) is 30.2 Å². The molecule has 2 nitrogen and oxygen atoms in total. The first kappa shape index (κ1) is 16.2. The van der Waals surface area contributed by atoms with Crippen molar-refractivity contribution in [1.82, 2.24) is 5.32 Å². The van der Waals surface area contributed by atoms with E-state index in [1.54, 1.807) is 0 Å². The lowest BCUT2D eigenvalue weighted by Gasteiger charge is -2.28.